The average Bonchev–Trinajstić information content (AvgIpc) is 2.93. The van der Waals surface area contributed by atoms with Crippen molar-refractivity contribution in [2.45, 2.75) is 31.3 Å². The minimum Gasteiger partial charge on any atom is -0.378 e. The van der Waals surface area contributed by atoms with Gasteiger partial charge in [-0.25, -0.2) is 4.39 Å². The fourth-order valence-electron chi connectivity index (χ4n) is 3.35. The van der Waals surface area contributed by atoms with Crippen LogP contribution in [0.5, 0.6) is 0 Å². The maximum absolute atomic E-state index is 14.3. The van der Waals surface area contributed by atoms with Gasteiger partial charge in [-0.3, -0.25) is 4.79 Å². The number of nitrogens with zero attached hydrogens (tertiary/aromatic N) is 1. The Hall–Kier alpha value is -1.17. The second-order valence-electron chi connectivity index (χ2n) is 6.81. The quantitative estimate of drug-likeness (QED) is 0.830. The van der Waals surface area contributed by atoms with Crippen LogP contribution < -0.4 is 0 Å². The van der Waals surface area contributed by atoms with E-state index in [1.54, 1.807) is 30.9 Å². The third-order valence-corrected chi connectivity index (χ3v) is 4.98. The largest absolute Gasteiger partial charge is 0.378 e. The minimum atomic E-state index is -0.966. The second kappa shape index (κ2) is 6.04. The molecular weight excluding hydrogens is 321 g/mol. The fraction of sp³-hybridized carbons (Fsp3) is 0.588. The molecule has 3 rings (SSSR count). The van der Waals surface area contributed by atoms with Crippen LogP contribution in [0.25, 0.3) is 0 Å². The second-order valence-corrected chi connectivity index (χ2v) is 7.25. The Morgan fingerprint density at radius 2 is 2.17 bits per heavy atom. The zero-order valence-corrected chi connectivity index (χ0v) is 14.2. The van der Waals surface area contributed by atoms with E-state index in [1.807, 2.05) is 0 Å². The smallest absolute Gasteiger partial charge is 0.232 e. The number of hydrogen-bond donors (Lipinski definition) is 0. The number of morpholine rings is 1. The molecule has 0 aromatic heterocycles. The molecule has 1 spiro atoms. The standard InChI is InChI=1S/C17H21ClFNO3/c1-16(2,13-4-3-12(18)9-14(13)19)15(21)20-6-8-23-17(10-20)5-7-22-11-17/h3-4,9H,5-8,10-11H2,1-2H3/t17-/m0/s1. The number of carbonyl (C=O) groups excluding carboxylic acids is 1. The van der Waals surface area contributed by atoms with Gasteiger partial charge >= 0.3 is 0 Å². The lowest BCUT2D eigenvalue weighted by Crippen LogP contribution is -2.57. The number of ether oxygens (including phenoxy) is 2. The van der Waals surface area contributed by atoms with Crippen molar-refractivity contribution in [3.05, 3.63) is 34.6 Å². The Labute approximate surface area is 140 Å². The molecule has 2 aliphatic heterocycles. The van der Waals surface area contributed by atoms with Crippen LogP contribution in [0.4, 0.5) is 4.39 Å². The van der Waals surface area contributed by atoms with Crippen molar-refractivity contribution in [2.75, 3.05) is 32.9 Å². The lowest BCUT2D eigenvalue weighted by atomic mass is 9.82. The highest BCUT2D eigenvalue weighted by atomic mass is 35.5. The van der Waals surface area contributed by atoms with E-state index in [0.29, 0.717) is 43.5 Å². The fourth-order valence-corrected chi connectivity index (χ4v) is 3.51. The highest BCUT2D eigenvalue weighted by Crippen LogP contribution is 2.33. The van der Waals surface area contributed by atoms with Crippen LogP contribution in [0.3, 0.4) is 0 Å². The lowest BCUT2D eigenvalue weighted by Gasteiger charge is -2.42. The van der Waals surface area contributed by atoms with E-state index in [1.165, 1.54) is 6.07 Å². The summed E-state index contributed by atoms with van der Waals surface area (Å²) in [5.41, 5.74) is -1.01. The summed E-state index contributed by atoms with van der Waals surface area (Å²) in [6.45, 7) is 6.13. The Kier molecular flexibility index (Phi) is 4.38. The molecule has 6 heteroatoms. The van der Waals surface area contributed by atoms with Crippen molar-refractivity contribution >= 4 is 17.5 Å². The van der Waals surface area contributed by atoms with Gasteiger partial charge in [0.05, 0.1) is 25.2 Å². The first kappa shape index (κ1) is 16.7. The van der Waals surface area contributed by atoms with Gasteiger partial charge in [-0.05, 0) is 26.0 Å². The molecule has 4 nitrogen and oxygen atoms in total. The van der Waals surface area contributed by atoms with E-state index >= 15 is 0 Å². The zero-order chi connectivity index (χ0) is 16.7. The molecule has 0 aliphatic carbocycles. The van der Waals surface area contributed by atoms with Crippen molar-refractivity contribution in [3.8, 4) is 0 Å². The molecule has 2 aliphatic rings. The normalized spacial score (nSPS) is 25.1. The molecule has 0 radical (unpaired) electrons. The molecular formula is C17H21ClFNO3. The first-order valence-corrected chi connectivity index (χ1v) is 8.18. The van der Waals surface area contributed by atoms with Crippen LogP contribution in [-0.4, -0.2) is 49.3 Å². The molecule has 0 unspecified atom stereocenters. The van der Waals surface area contributed by atoms with Crippen molar-refractivity contribution in [3.63, 3.8) is 0 Å². The maximum Gasteiger partial charge on any atom is 0.232 e. The molecule has 2 heterocycles. The van der Waals surface area contributed by atoms with Gasteiger partial charge in [0.1, 0.15) is 11.4 Å². The van der Waals surface area contributed by atoms with Gasteiger partial charge in [0.15, 0.2) is 0 Å². The van der Waals surface area contributed by atoms with Crippen LogP contribution in [0.2, 0.25) is 5.02 Å². The number of carbonyl (C=O) groups is 1. The van der Waals surface area contributed by atoms with E-state index in [4.69, 9.17) is 21.1 Å². The van der Waals surface area contributed by atoms with Crippen LogP contribution in [-0.2, 0) is 19.7 Å². The molecule has 1 amide bonds. The summed E-state index contributed by atoms with van der Waals surface area (Å²) in [5.74, 6) is -0.559. The van der Waals surface area contributed by atoms with Crippen molar-refractivity contribution < 1.29 is 18.7 Å². The Balaban J connectivity index is 1.83. The molecule has 1 aromatic rings. The molecule has 126 valence electrons. The Morgan fingerprint density at radius 1 is 1.39 bits per heavy atom. The summed E-state index contributed by atoms with van der Waals surface area (Å²) in [7, 11) is 0. The molecule has 23 heavy (non-hydrogen) atoms. The number of rotatable bonds is 2. The molecule has 1 aromatic carbocycles. The van der Waals surface area contributed by atoms with E-state index < -0.39 is 16.8 Å². The summed E-state index contributed by atoms with van der Waals surface area (Å²) in [4.78, 5) is 14.8. The third-order valence-electron chi connectivity index (χ3n) is 4.74. The van der Waals surface area contributed by atoms with Crippen molar-refractivity contribution in [1.29, 1.82) is 0 Å². The summed E-state index contributed by atoms with van der Waals surface area (Å²) in [6, 6.07) is 4.45. The van der Waals surface area contributed by atoms with Crippen LogP contribution >= 0.6 is 11.6 Å². The summed E-state index contributed by atoms with van der Waals surface area (Å²) in [6.07, 6.45) is 0.784. The van der Waals surface area contributed by atoms with Gasteiger partial charge in [-0.2, -0.15) is 0 Å². The Bertz CT molecular complexity index is 614. The van der Waals surface area contributed by atoms with Gasteiger partial charge in [0.25, 0.3) is 0 Å². The third kappa shape index (κ3) is 3.10. The van der Waals surface area contributed by atoms with E-state index in [0.717, 1.165) is 6.42 Å². The SMILES string of the molecule is CC(C)(C(=O)N1CCO[C@@]2(CCOC2)C1)c1ccc(Cl)cc1F. The number of amides is 1. The van der Waals surface area contributed by atoms with E-state index in [-0.39, 0.29) is 5.91 Å². The number of hydrogen-bond acceptors (Lipinski definition) is 3. The zero-order valence-electron chi connectivity index (χ0n) is 13.4. The number of halogens is 2. The predicted octanol–water partition coefficient (Wildman–Crippen LogP) is 2.77. The van der Waals surface area contributed by atoms with Gasteiger partial charge in [-0.15, -0.1) is 0 Å². The molecule has 2 fully saturated rings. The summed E-state index contributed by atoms with van der Waals surface area (Å²) >= 11 is 5.81. The van der Waals surface area contributed by atoms with Gasteiger partial charge < -0.3 is 14.4 Å². The monoisotopic (exact) mass is 341 g/mol. The molecule has 0 N–H and O–H groups in total. The van der Waals surface area contributed by atoms with Crippen LogP contribution in [0, 0.1) is 5.82 Å². The van der Waals surface area contributed by atoms with Crippen molar-refractivity contribution in [2.24, 2.45) is 0 Å². The number of benzene rings is 1. The maximum atomic E-state index is 14.3. The van der Waals surface area contributed by atoms with Crippen LogP contribution in [0.1, 0.15) is 25.8 Å². The van der Waals surface area contributed by atoms with Gasteiger partial charge in [0, 0.05) is 30.2 Å². The Morgan fingerprint density at radius 3 is 2.83 bits per heavy atom. The highest BCUT2D eigenvalue weighted by molar-refractivity contribution is 6.30. The molecule has 1 atom stereocenters. The topological polar surface area (TPSA) is 38.8 Å². The molecule has 0 saturated carbocycles. The predicted molar refractivity (Wildman–Crippen MR) is 85.1 cm³/mol. The minimum absolute atomic E-state index is 0.103. The molecule has 2 saturated heterocycles. The summed E-state index contributed by atoms with van der Waals surface area (Å²) < 4.78 is 25.6. The van der Waals surface area contributed by atoms with Gasteiger partial charge in [0.2, 0.25) is 5.91 Å². The molecule has 0 bridgehead atoms. The van der Waals surface area contributed by atoms with Crippen LogP contribution in [0.15, 0.2) is 18.2 Å². The van der Waals surface area contributed by atoms with Gasteiger partial charge in [-0.1, -0.05) is 17.7 Å². The van der Waals surface area contributed by atoms with E-state index in [9.17, 15) is 9.18 Å². The first-order chi connectivity index (χ1) is 10.8. The van der Waals surface area contributed by atoms with Crippen molar-refractivity contribution in [1.82, 2.24) is 4.90 Å². The average molecular weight is 342 g/mol. The first-order valence-electron chi connectivity index (χ1n) is 7.81. The summed E-state index contributed by atoms with van der Waals surface area (Å²) in [5, 5.41) is 0.322. The highest BCUT2D eigenvalue weighted by Gasteiger charge is 2.45. The van der Waals surface area contributed by atoms with E-state index in [2.05, 4.69) is 0 Å². The lowest BCUT2D eigenvalue weighted by molar-refractivity contribution is -0.155.